The third kappa shape index (κ3) is 5.02. The van der Waals surface area contributed by atoms with Gasteiger partial charge in [0, 0.05) is 21.3 Å². The standard InChI is InChI=1S/C3H10O4Si.K.H/c1-5-8(4,6-2)7-3;;/h4H,1-3H3;;/q;+1;-1. The fraction of sp³-hybridized carbons (Fsp3) is 1.00. The molecule has 52 valence electrons. The normalized spacial score (nSPS) is 10.7. The van der Waals surface area contributed by atoms with Crippen molar-refractivity contribution < 1.29 is 70.9 Å². The molecule has 0 saturated heterocycles. The second kappa shape index (κ2) is 6.41. The SMILES string of the molecule is CO[Si](O)(OC)OC.[H-].[K+]. The Morgan fingerprint density at radius 2 is 1.33 bits per heavy atom. The first-order chi connectivity index (χ1) is 3.68. The van der Waals surface area contributed by atoms with E-state index in [0.29, 0.717) is 0 Å². The van der Waals surface area contributed by atoms with Crippen LogP contribution in [0.15, 0.2) is 0 Å². The van der Waals surface area contributed by atoms with Crippen LogP contribution in [0.3, 0.4) is 0 Å². The fourth-order valence-electron chi connectivity index (χ4n) is 0.250. The van der Waals surface area contributed by atoms with Crippen molar-refractivity contribution in [3.63, 3.8) is 0 Å². The molecule has 4 nitrogen and oxygen atoms in total. The van der Waals surface area contributed by atoms with Gasteiger partial charge in [0.25, 0.3) is 0 Å². The summed E-state index contributed by atoms with van der Waals surface area (Å²) in [4.78, 5) is 8.91. The summed E-state index contributed by atoms with van der Waals surface area (Å²) >= 11 is 0. The van der Waals surface area contributed by atoms with Gasteiger partial charge in [-0.3, -0.25) is 0 Å². The van der Waals surface area contributed by atoms with Crippen LogP contribution >= 0.6 is 0 Å². The topological polar surface area (TPSA) is 47.9 Å². The monoisotopic (exact) mass is 178 g/mol. The van der Waals surface area contributed by atoms with Crippen LogP contribution in [0.5, 0.6) is 0 Å². The van der Waals surface area contributed by atoms with Crippen molar-refractivity contribution >= 4 is 9.05 Å². The minimum absolute atomic E-state index is 0. The van der Waals surface area contributed by atoms with Crippen molar-refractivity contribution in [2.45, 2.75) is 0 Å². The number of hydrogen-bond donors (Lipinski definition) is 1. The zero-order chi connectivity index (χ0) is 6.62. The van der Waals surface area contributed by atoms with Crippen molar-refractivity contribution in [3.8, 4) is 0 Å². The molecule has 1 N–H and O–H groups in total. The Balaban J connectivity index is -0.000000245. The summed E-state index contributed by atoms with van der Waals surface area (Å²) in [7, 11) is 0.826. The van der Waals surface area contributed by atoms with Gasteiger partial charge >= 0.3 is 60.4 Å². The van der Waals surface area contributed by atoms with E-state index in [0.717, 1.165) is 0 Å². The van der Waals surface area contributed by atoms with Crippen LogP contribution in [0.1, 0.15) is 1.43 Å². The van der Waals surface area contributed by atoms with Gasteiger partial charge < -0.3 is 19.5 Å². The molecule has 0 bridgehead atoms. The van der Waals surface area contributed by atoms with Crippen molar-refractivity contribution in [2.75, 3.05) is 21.3 Å². The molecule has 0 saturated carbocycles. The first-order valence-electron chi connectivity index (χ1n) is 2.06. The predicted molar refractivity (Wildman–Crippen MR) is 30.1 cm³/mol. The minimum atomic E-state index is -3.17. The molecule has 0 atom stereocenters. The molecule has 6 heteroatoms. The summed E-state index contributed by atoms with van der Waals surface area (Å²) in [6.07, 6.45) is 0. The quantitative estimate of drug-likeness (QED) is 0.455. The Morgan fingerprint density at radius 1 is 1.11 bits per heavy atom. The van der Waals surface area contributed by atoms with Gasteiger partial charge in [0.05, 0.1) is 0 Å². The Hall–Kier alpha value is 1.69. The summed E-state index contributed by atoms with van der Waals surface area (Å²) in [6.45, 7) is 0. The van der Waals surface area contributed by atoms with E-state index in [9.17, 15) is 0 Å². The van der Waals surface area contributed by atoms with Gasteiger partial charge in [-0.25, -0.2) is 0 Å². The van der Waals surface area contributed by atoms with Crippen LogP contribution in [0.4, 0.5) is 0 Å². The summed E-state index contributed by atoms with van der Waals surface area (Å²) < 4.78 is 13.5. The van der Waals surface area contributed by atoms with E-state index in [-0.39, 0.29) is 52.8 Å². The number of hydrogen-bond acceptors (Lipinski definition) is 4. The van der Waals surface area contributed by atoms with E-state index >= 15 is 0 Å². The third-order valence-electron chi connectivity index (χ3n) is 0.774. The van der Waals surface area contributed by atoms with E-state index in [1.165, 1.54) is 21.3 Å². The average Bonchev–Trinajstić information content (AvgIpc) is 1.87. The molecular formula is C3H11KO4Si. The van der Waals surface area contributed by atoms with E-state index in [1.54, 1.807) is 0 Å². The van der Waals surface area contributed by atoms with Gasteiger partial charge in [0.15, 0.2) is 0 Å². The van der Waals surface area contributed by atoms with Crippen LogP contribution in [-0.2, 0) is 13.3 Å². The van der Waals surface area contributed by atoms with Gasteiger partial charge in [-0.1, -0.05) is 0 Å². The molecule has 0 heterocycles. The first-order valence-corrected chi connectivity index (χ1v) is 3.73. The molecule has 0 radical (unpaired) electrons. The van der Waals surface area contributed by atoms with Gasteiger partial charge in [-0.2, -0.15) is 0 Å². The number of rotatable bonds is 3. The largest absolute Gasteiger partial charge is 1.00 e. The van der Waals surface area contributed by atoms with Crippen molar-refractivity contribution in [1.82, 2.24) is 0 Å². The van der Waals surface area contributed by atoms with E-state index in [4.69, 9.17) is 4.80 Å². The van der Waals surface area contributed by atoms with Crippen LogP contribution < -0.4 is 51.4 Å². The van der Waals surface area contributed by atoms with E-state index < -0.39 is 9.05 Å². The van der Waals surface area contributed by atoms with Crippen LogP contribution in [0.2, 0.25) is 0 Å². The Morgan fingerprint density at radius 3 is 1.33 bits per heavy atom. The second-order valence-corrected chi connectivity index (χ2v) is 3.41. The molecule has 0 aliphatic rings. The minimum Gasteiger partial charge on any atom is -1.00 e. The summed E-state index contributed by atoms with van der Waals surface area (Å²) in [5.74, 6) is 0. The van der Waals surface area contributed by atoms with E-state index in [2.05, 4.69) is 13.3 Å². The molecule has 0 spiro atoms. The molecule has 0 aromatic carbocycles. The molecule has 0 aromatic heterocycles. The third-order valence-corrected chi connectivity index (χ3v) is 2.32. The van der Waals surface area contributed by atoms with Crippen LogP contribution in [-0.4, -0.2) is 35.2 Å². The molecule has 0 unspecified atom stereocenters. The second-order valence-electron chi connectivity index (χ2n) is 1.14. The zero-order valence-electron chi connectivity index (χ0n) is 7.17. The van der Waals surface area contributed by atoms with Gasteiger partial charge in [0.2, 0.25) is 0 Å². The maximum atomic E-state index is 8.91. The van der Waals surface area contributed by atoms with Crippen LogP contribution in [0, 0.1) is 0 Å². The fourth-order valence-corrected chi connectivity index (χ4v) is 0.750. The van der Waals surface area contributed by atoms with E-state index in [1.807, 2.05) is 0 Å². The molecule has 0 aliphatic carbocycles. The molecule has 0 amide bonds. The smallest absolute Gasteiger partial charge is 1.00 e. The van der Waals surface area contributed by atoms with Crippen molar-refractivity contribution in [3.05, 3.63) is 0 Å². The summed E-state index contributed by atoms with van der Waals surface area (Å²) in [5.41, 5.74) is 0. The Labute approximate surface area is 99.9 Å². The summed E-state index contributed by atoms with van der Waals surface area (Å²) in [5, 5.41) is 0. The zero-order valence-corrected chi connectivity index (χ0v) is 10.3. The average molecular weight is 178 g/mol. The first kappa shape index (κ1) is 13.3. The molecular weight excluding hydrogens is 167 g/mol. The van der Waals surface area contributed by atoms with Crippen molar-refractivity contribution in [2.24, 2.45) is 0 Å². The molecule has 0 aliphatic heterocycles. The Kier molecular flexibility index (Phi) is 9.46. The summed E-state index contributed by atoms with van der Waals surface area (Å²) in [6, 6.07) is 0. The molecule has 0 rings (SSSR count). The van der Waals surface area contributed by atoms with Gasteiger partial charge in [-0.05, 0) is 0 Å². The van der Waals surface area contributed by atoms with Crippen LogP contribution in [0.25, 0.3) is 0 Å². The predicted octanol–water partition coefficient (Wildman–Crippen LogP) is -3.53. The van der Waals surface area contributed by atoms with Gasteiger partial charge in [-0.15, -0.1) is 0 Å². The maximum Gasteiger partial charge on any atom is 1.00 e. The molecule has 9 heavy (non-hydrogen) atoms. The van der Waals surface area contributed by atoms with Gasteiger partial charge in [0.1, 0.15) is 0 Å². The Bertz CT molecular complexity index is 63.3. The molecule has 0 aromatic rings. The maximum absolute atomic E-state index is 8.91. The van der Waals surface area contributed by atoms with Crippen molar-refractivity contribution in [1.29, 1.82) is 0 Å². The molecule has 0 fully saturated rings.